The molecule has 100 valence electrons. The molecule has 0 unspecified atom stereocenters. The minimum atomic E-state index is 0.688. The molecular weight excluding hydrogens is 268 g/mol. The second-order valence-corrected chi connectivity index (χ2v) is 5.13. The van der Waals surface area contributed by atoms with E-state index in [4.69, 9.17) is 11.6 Å². The third-order valence-electron chi connectivity index (χ3n) is 3.33. The predicted octanol–water partition coefficient (Wildman–Crippen LogP) is 4.56. The summed E-state index contributed by atoms with van der Waals surface area (Å²) < 4.78 is 1.86. The smallest absolute Gasteiger partial charge is 0.130 e. The van der Waals surface area contributed by atoms with Gasteiger partial charge in [-0.15, -0.1) is 0 Å². The van der Waals surface area contributed by atoms with Crippen molar-refractivity contribution >= 4 is 11.6 Å². The average Bonchev–Trinajstić information content (AvgIpc) is 2.78. The van der Waals surface area contributed by atoms with E-state index < -0.39 is 0 Å². The van der Waals surface area contributed by atoms with Gasteiger partial charge in [-0.05, 0) is 12.5 Å². The SMILES string of the molecule is Cc1c(-c2ccccc2)nn(Cc2ccccc2)c1Cl. The molecule has 2 aromatic carbocycles. The number of hydrogen-bond acceptors (Lipinski definition) is 1. The lowest BCUT2D eigenvalue weighted by Gasteiger charge is -2.03. The number of aromatic nitrogens is 2. The van der Waals surface area contributed by atoms with Crippen LogP contribution in [0.5, 0.6) is 0 Å². The van der Waals surface area contributed by atoms with Crippen LogP contribution in [0.25, 0.3) is 11.3 Å². The Balaban J connectivity index is 1.98. The highest BCUT2D eigenvalue weighted by Crippen LogP contribution is 2.28. The van der Waals surface area contributed by atoms with Crippen molar-refractivity contribution in [1.82, 2.24) is 9.78 Å². The van der Waals surface area contributed by atoms with Crippen molar-refractivity contribution in [3.8, 4) is 11.3 Å². The van der Waals surface area contributed by atoms with Gasteiger partial charge in [0.05, 0.1) is 12.2 Å². The third-order valence-corrected chi connectivity index (χ3v) is 3.81. The molecule has 3 heteroatoms. The van der Waals surface area contributed by atoms with Crippen LogP contribution in [0.15, 0.2) is 60.7 Å². The highest BCUT2D eigenvalue weighted by atomic mass is 35.5. The summed E-state index contributed by atoms with van der Waals surface area (Å²) >= 11 is 6.41. The molecule has 0 fully saturated rings. The summed E-state index contributed by atoms with van der Waals surface area (Å²) in [6.07, 6.45) is 0. The summed E-state index contributed by atoms with van der Waals surface area (Å²) in [4.78, 5) is 0. The van der Waals surface area contributed by atoms with Gasteiger partial charge in [-0.2, -0.15) is 5.10 Å². The molecule has 0 spiro atoms. The number of hydrogen-bond donors (Lipinski definition) is 0. The van der Waals surface area contributed by atoms with Gasteiger partial charge in [-0.1, -0.05) is 72.3 Å². The molecule has 0 saturated carbocycles. The predicted molar refractivity (Wildman–Crippen MR) is 83.0 cm³/mol. The fraction of sp³-hybridized carbons (Fsp3) is 0.118. The first-order valence-corrected chi connectivity index (χ1v) is 6.96. The molecule has 3 aromatic rings. The first-order valence-electron chi connectivity index (χ1n) is 6.58. The Labute approximate surface area is 123 Å². The van der Waals surface area contributed by atoms with E-state index in [0.717, 1.165) is 16.8 Å². The van der Waals surface area contributed by atoms with Crippen LogP contribution >= 0.6 is 11.6 Å². The molecular formula is C17H15ClN2. The van der Waals surface area contributed by atoms with E-state index in [1.807, 2.05) is 48.0 Å². The Morgan fingerprint density at radius 1 is 0.950 bits per heavy atom. The maximum Gasteiger partial charge on any atom is 0.130 e. The minimum absolute atomic E-state index is 0.688. The zero-order chi connectivity index (χ0) is 13.9. The molecule has 2 nitrogen and oxygen atoms in total. The van der Waals surface area contributed by atoms with Crippen molar-refractivity contribution in [3.05, 3.63) is 76.9 Å². The van der Waals surface area contributed by atoms with Gasteiger partial charge < -0.3 is 0 Å². The van der Waals surface area contributed by atoms with Crippen LogP contribution < -0.4 is 0 Å². The zero-order valence-electron chi connectivity index (χ0n) is 11.3. The standard InChI is InChI=1S/C17H15ClN2/c1-13-16(15-10-6-3-7-11-15)19-20(17(13)18)12-14-8-4-2-5-9-14/h2-11H,12H2,1H3. The van der Waals surface area contributed by atoms with Crippen LogP contribution in [0, 0.1) is 6.92 Å². The molecule has 1 aromatic heterocycles. The summed E-state index contributed by atoms with van der Waals surface area (Å²) in [5, 5.41) is 5.36. The van der Waals surface area contributed by atoms with Crippen LogP contribution in [0.2, 0.25) is 5.15 Å². The van der Waals surface area contributed by atoms with Crippen LogP contribution in [0.3, 0.4) is 0 Å². The fourth-order valence-corrected chi connectivity index (χ4v) is 2.45. The topological polar surface area (TPSA) is 17.8 Å². The molecule has 0 bridgehead atoms. The van der Waals surface area contributed by atoms with Gasteiger partial charge in [-0.25, -0.2) is 4.68 Å². The van der Waals surface area contributed by atoms with Gasteiger partial charge >= 0.3 is 0 Å². The molecule has 0 radical (unpaired) electrons. The molecule has 1 heterocycles. The zero-order valence-corrected chi connectivity index (χ0v) is 12.0. The second kappa shape index (κ2) is 5.51. The maximum atomic E-state index is 6.41. The Hall–Kier alpha value is -2.06. The highest BCUT2D eigenvalue weighted by Gasteiger charge is 2.13. The van der Waals surface area contributed by atoms with Gasteiger partial charge in [0.2, 0.25) is 0 Å². The number of nitrogens with zero attached hydrogens (tertiary/aromatic N) is 2. The molecule has 0 aliphatic carbocycles. The van der Waals surface area contributed by atoms with E-state index >= 15 is 0 Å². The van der Waals surface area contributed by atoms with Crippen molar-refractivity contribution in [2.45, 2.75) is 13.5 Å². The quantitative estimate of drug-likeness (QED) is 0.688. The van der Waals surface area contributed by atoms with Gasteiger partial charge in [0.15, 0.2) is 0 Å². The van der Waals surface area contributed by atoms with E-state index in [1.165, 1.54) is 5.56 Å². The third kappa shape index (κ3) is 2.47. The Bertz CT molecular complexity index is 703. The van der Waals surface area contributed by atoms with Gasteiger partial charge in [0.25, 0.3) is 0 Å². The van der Waals surface area contributed by atoms with E-state index in [-0.39, 0.29) is 0 Å². The first-order chi connectivity index (χ1) is 9.75. The molecule has 20 heavy (non-hydrogen) atoms. The van der Waals surface area contributed by atoms with Crippen molar-refractivity contribution < 1.29 is 0 Å². The van der Waals surface area contributed by atoms with Crippen LogP contribution in [-0.2, 0) is 6.54 Å². The molecule has 0 atom stereocenters. The van der Waals surface area contributed by atoms with Gasteiger partial charge in [0, 0.05) is 11.1 Å². The van der Waals surface area contributed by atoms with Gasteiger partial charge in [0.1, 0.15) is 5.15 Å². The Kier molecular flexibility index (Phi) is 3.57. The lowest BCUT2D eigenvalue weighted by Crippen LogP contribution is -2.01. The summed E-state index contributed by atoms with van der Waals surface area (Å²) in [6, 6.07) is 20.4. The summed E-state index contributed by atoms with van der Waals surface area (Å²) in [6.45, 7) is 2.70. The first kappa shape index (κ1) is 12.9. The van der Waals surface area contributed by atoms with Crippen molar-refractivity contribution in [2.75, 3.05) is 0 Å². The van der Waals surface area contributed by atoms with Crippen molar-refractivity contribution in [3.63, 3.8) is 0 Å². The van der Waals surface area contributed by atoms with E-state index in [2.05, 4.69) is 29.4 Å². The molecule has 0 N–H and O–H groups in total. The monoisotopic (exact) mass is 282 g/mol. The maximum absolute atomic E-state index is 6.41. The number of rotatable bonds is 3. The van der Waals surface area contributed by atoms with Gasteiger partial charge in [-0.3, -0.25) is 0 Å². The van der Waals surface area contributed by atoms with Crippen molar-refractivity contribution in [2.24, 2.45) is 0 Å². The summed E-state index contributed by atoms with van der Waals surface area (Å²) in [7, 11) is 0. The largest absolute Gasteiger partial charge is 0.249 e. The van der Waals surface area contributed by atoms with Crippen LogP contribution in [0.1, 0.15) is 11.1 Å². The summed E-state index contributed by atoms with van der Waals surface area (Å²) in [5.41, 5.74) is 4.26. The normalized spacial score (nSPS) is 10.7. The van der Waals surface area contributed by atoms with E-state index in [9.17, 15) is 0 Å². The second-order valence-electron chi connectivity index (χ2n) is 4.77. The Morgan fingerprint density at radius 3 is 2.20 bits per heavy atom. The molecule has 0 saturated heterocycles. The number of halogens is 1. The molecule has 0 amide bonds. The highest BCUT2D eigenvalue weighted by molar-refractivity contribution is 6.30. The average molecular weight is 283 g/mol. The summed E-state index contributed by atoms with van der Waals surface area (Å²) in [5.74, 6) is 0. The lowest BCUT2D eigenvalue weighted by molar-refractivity contribution is 0.690. The van der Waals surface area contributed by atoms with Crippen LogP contribution in [-0.4, -0.2) is 9.78 Å². The lowest BCUT2D eigenvalue weighted by atomic mass is 10.1. The molecule has 0 aliphatic heterocycles. The minimum Gasteiger partial charge on any atom is -0.249 e. The van der Waals surface area contributed by atoms with E-state index in [1.54, 1.807) is 0 Å². The number of benzene rings is 2. The van der Waals surface area contributed by atoms with Crippen molar-refractivity contribution in [1.29, 1.82) is 0 Å². The molecule has 0 aliphatic rings. The molecule has 3 rings (SSSR count). The van der Waals surface area contributed by atoms with E-state index in [0.29, 0.717) is 11.7 Å². The van der Waals surface area contributed by atoms with Crippen LogP contribution in [0.4, 0.5) is 0 Å². The Morgan fingerprint density at radius 2 is 1.55 bits per heavy atom. The fourth-order valence-electron chi connectivity index (χ4n) is 2.26.